The average Bonchev–Trinajstić information content (AvgIpc) is 2.67. The molecule has 25 heavy (non-hydrogen) atoms. The minimum absolute atomic E-state index is 0.150. The number of hydrogen-bond donors (Lipinski definition) is 2. The van der Waals surface area contributed by atoms with Crippen LogP contribution in [0.2, 0.25) is 0 Å². The Morgan fingerprint density at radius 3 is 2.28 bits per heavy atom. The van der Waals surface area contributed by atoms with Crippen molar-refractivity contribution in [3.8, 4) is 5.75 Å². The molecular weight excluding hydrogens is 330 g/mol. The molecule has 0 aliphatic heterocycles. The van der Waals surface area contributed by atoms with Crippen LogP contribution in [0.4, 0.5) is 0 Å². The molecule has 0 aromatic heterocycles. The minimum atomic E-state index is -0.150. The van der Waals surface area contributed by atoms with Crippen molar-refractivity contribution in [1.29, 1.82) is 0 Å². The van der Waals surface area contributed by atoms with Crippen LogP contribution in [0.25, 0.3) is 0 Å². The van der Waals surface area contributed by atoms with Crippen molar-refractivity contribution in [2.24, 2.45) is 0 Å². The average molecular weight is 349 g/mol. The summed E-state index contributed by atoms with van der Waals surface area (Å²) < 4.78 is 0. The maximum Gasteiger partial charge on any atom is 0.251 e. The molecule has 4 heteroatoms. The van der Waals surface area contributed by atoms with Crippen LogP contribution in [-0.2, 0) is 12.3 Å². The van der Waals surface area contributed by atoms with E-state index in [1.807, 2.05) is 48.5 Å². The van der Waals surface area contributed by atoms with E-state index in [-0.39, 0.29) is 11.7 Å². The fourth-order valence-corrected chi connectivity index (χ4v) is 3.24. The number of carbonyl (C=O) groups excluding carboxylic acids is 1. The molecule has 126 valence electrons. The highest BCUT2D eigenvalue weighted by atomic mass is 32.2. The number of benzene rings is 3. The predicted molar refractivity (Wildman–Crippen MR) is 102 cm³/mol. The van der Waals surface area contributed by atoms with Gasteiger partial charge in [0.1, 0.15) is 5.75 Å². The molecule has 2 N–H and O–H groups in total. The summed E-state index contributed by atoms with van der Waals surface area (Å²) in [5.41, 5.74) is 2.59. The SMILES string of the molecule is O=C(NCc1ccccc1O)c1ccc(SCc2ccccc2)cc1. The molecule has 0 atom stereocenters. The number of phenolic OH excluding ortho intramolecular Hbond substituents is 1. The van der Waals surface area contributed by atoms with E-state index in [0.717, 1.165) is 10.6 Å². The zero-order valence-electron chi connectivity index (χ0n) is 13.7. The quantitative estimate of drug-likeness (QED) is 0.639. The summed E-state index contributed by atoms with van der Waals surface area (Å²) in [5, 5.41) is 12.6. The summed E-state index contributed by atoms with van der Waals surface area (Å²) in [5.74, 6) is 0.943. The van der Waals surface area contributed by atoms with Crippen LogP contribution in [0.3, 0.4) is 0 Å². The van der Waals surface area contributed by atoms with Crippen molar-refractivity contribution in [3.05, 3.63) is 95.6 Å². The van der Waals surface area contributed by atoms with Gasteiger partial charge in [-0.2, -0.15) is 0 Å². The van der Waals surface area contributed by atoms with Crippen LogP contribution >= 0.6 is 11.8 Å². The lowest BCUT2D eigenvalue weighted by molar-refractivity contribution is 0.0950. The van der Waals surface area contributed by atoms with Crippen molar-refractivity contribution >= 4 is 17.7 Å². The summed E-state index contributed by atoms with van der Waals surface area (Å²) in [7, 11) is 0. The normalized spacial score (nSPS) is 10.4. The Hall–Kier alpha value is -2.72. The van der Waals surface area contributed by atoms with E-state index < -0.39 is 0 Å². The van der Waals surface area contributed by atoms with E-state index in [4.69, 9.17) is 0 Å². The van der Waals surface area contributed by atoms with Gasteiger partial charge >= 0.3 is 0 Å². The van der Waals surface area contributed by atoms with Gasteiger partial charge < -0.3 is 10.4 Å². The van der Waals surface area contributed by atoms with Gasteiger partial charge in [-0.15, -0.1) is 11.8 Å². The van der Waals surface area contributed by atoms with Gasteiger partial charge in [0, 0.05) is 28.3 Å². The first-order valence-electron chi connectivity index (χ1n) is 8.04. The fraction of sp³-hybridized carbons (Fsp3) is 0.0952. The van der Waals surface area contributed by atoms with E-state index in [1.165, 1.54) is 5.56 Å². The lowest BCUT2D eigenvalue weighted by atomic mass is 10.2. The number of nitrogens with one attached hydrogen (secondary N) is 1. The molecule has 0 saturated heterocycles. The zero-order chi connectivity index (χ0) is 17.5. The number of hydrogen-bond acceptors (Lipinski definition) is 3. The monoisotopic (exact) mass is 349 g/mol. The summed E-state index contributed by atoms with van der Waals surface area (Å²) in [4.78, 5) is 13.3. The van der Waals surface area contributed by atoms with Gasteiger partial charge in [0.15, 0.2) is 0 Å². The van der Waals surface area contributed by atoms with Crippen LogP contribution in [0.1, 0.15) is 21.5 Å². The van der Waals surface area contributed by atoms with E-state index in [1.54, 1.807) is 30.0 Å². The third-order valence-electron chi connectivity index (χ3n) is 3.80. The van der Waals surface area contributed by atoms with Crippen molar-refractivity contribution in [2.45, 2.75) is 17.2 Å². The predicted octanol–water partition coefficient (Wildman–Crippen LogP) is 4.61. The van der Waals surface area contributed by atoms with Gasteiger partial charge in [-0.1, -0.05) is 48.5 Å². The molecule has 3 rings (SSSR count). The molecule has 0 aliphatic rings. The smallest absolute Gasteiger partial charge is 0.251 e. The van der Waals surface area contributed by atoms with Crippen molar-refractivity contribution in [3.63, 3.8) is 0 Å². The molecule has 0 radical (unpaired) electrons. The Kier molecular flexibility index (Phi) is 5.75. The molecule has 0 heterocycles. The van der Waals surface area contributed by atoms with Gasteiger partial charge in [-0.25, -0.2) is 0 Å². The highest BCUT2D eigenvalue weighted by Gasteiger charge is 2.07. The Morgan fingerprint density at radius 2 is 1.56 bits per heavy atom. The maximum absolute atomic E-state index is 12.2. The van der Waals surface area contributed by atoms with E-state index in [2.05, 4.69) is 17.4 Å². The Morgan fingerprint density at radius 1 is 0.880 bits per heavy atom. The van der Waals surface area contributed by atoms with E-state index >= 15 is 0 Å². The van der Waals surface area contributed by atoms with Crippen LogP contribution in [-0.4, -0.2) is 11.0 Å². The molecule has 3 aromatic rings. The number of phenols is 1. The molecule has 0 saturated carbocycles. The Labute approximate surface area is 151 Å². The highest BCUT2D eigenvalue weighted by Crippen LogP contribution is 2.23. The highest BCUT2D eigenvalue weighted by molar-refractivity contribution is 7.98. The zero-order valence-corrected chi connectivity index (χ0v) is 14.5. The van der Waals surface area contributed by atoms with Crippen molar-refractivity contribution < 1.29 is 9.90 Å². The third kappa shape index (κ3) is 4.88. The van der Waals surface area contributed by atoms with Crippen LogP contribution < -0.4 is 5.32 Å². The first-order chi connectivity index (χ1) is 12.2. The second kappa shape index (κ2) is 8.40. The van der Waals surface area contributed by atoms with Gasteiger partial charge in [0.25, 0.3) is 5.91 Å². The lowest BCUT2D eigenvalue weighted by Crippen LogP contribution is -2.22. The number of carbonyl (C=O) groups is 1. The number of thioether (sulfide) groups is 1. The molecule has 3 aromatic carbocycles. The molecule has 1 amide bonds. The molecule has 0 unspecified atom stereocenters. The first kappa shape index (κ1) is 17.1. The first-order valence-corrected chi connectivity index (χ1v) is 9.03. The molecule has 0 spiro atoms. The molecule has 0 fully saturated rings. The fourth-order valence-electron chi connectivity index (χ4n) is 2.38. The summed E-state index contributed by atoms with van der Waals surface area (Å²) in [6, 6.07) is 24.9. The summed E-state index contributed by atoms with van der Waals surface area (Å²) >= 11 is 1.74. The topological polar surface area (TPSA) is 49.3 Å². The number of aromatic hydroxyl groups is 1. The maximum atomic E-state index is 12.2. The van der Waals surface area contributed by atoms with Crippen LogP contribution in [0.5, 0.6) is 5.75 Å². The summed E-state index contributed by atoms with van der Waals surface area (Å²) in [6.45, 7) is 0.302. The largest absolute Gasteiger partial charge is 0.508 e. The molecule has 3 nitrogen and oxygen atoms in total. The second-order valence-electron chi connectivity index (χ2n) is 5.61. The number of para-hydroxylation sites is 1. The van der Waals surface area contributed by atoms with E-state index in [9.17, 15) is 9.90 Å². The number of amides is 1. The third-order valence-corrected chi connectivity index (χ3v) is 4.88. The van der Waals surface area contributed by atoms with Gasteiger partial charge in [0.2, 0.25) is 0 Å². The lowest BCUT2D eigenvalue weighted by Gasteiger charge is -2.08. The molecular formula is C21H19NO2S. The van der Waals surface area contributed by atoms with Crippen molar-refractivity contribution in [1.82, 2.24) is 5.32 Å². The van der Waals surface area contributed by atoms with Gasteiger partial charge in [0.05, 0.1) is 0 Å². The Balaban J connectivity index is 1.54. The van der Waals surface area contributed by atoms with Crippen LogP contribution in [0, 0.1) is 0 Å². The second-order valence-corrected chi connectivity index (χ2v) is 6.66. The van der Waals surface area contributed by atoms with Gasteiger partial charge in [-0.3, -0.25) is 4.79 Å². The Bertz CT molecular complexity index is 832. The van der Waals surface area contributed by atoms with Crippen LogP contribution in [0.15, 0.2) is 83.8 Å². The van der Waals surface area contributed by atoms with Crippen molar-refractivity contribution in [2.75, 3.05) is 0 Å². The molecule has 0 bridgehead atoms. The minimum Gasteiger partial charge on any atom is -0.508 e. The van der Waals surface area contributed by atoms with Gasteiger partial charge in [-0.05, 0) is 35.9 Å². The number of rotatable bonds is 6. The standard InChI is InChI=1S/C21H19NO2S/c23-20-9-5-4-8-18(20)14-22-21(24)17-10-12-19(13-11-17)25-15-16-6-2-1-3-7-16/h1-13,23H,14-15H2,(H,22,24). The summed E-state index contributed by atoms with van der Waals surface area (Å²) in [6.07, 6.45) is 0. The molecule has 0 aliphatic carbocycles. The van der Waals surface area contributed by atoms with E-state index in [0.29, 0.717) is 17.7 Å².